The molecule has 1 aliphatic rings. The first-order valence-electron chi connectivity index (χ1n) is 11.1. The molecule has 8 nitrogen and oxygen atoms in total. The van der Waals surface area contributed by atoms with Gasteiger partial charge in [-0.1, -0.05) is 18.2 Å². The van der Waals surface area contributed by atoms with E-state index in [1.807, 2.05) is 27.8 Å². The summed E-state index contributed by atoms with van der Waals surface area (Å²) in [4.78, 5) is 10.8. The first kappa shape index (κ1) is 24.2. The van der Waals surface area contributed by atoms with Gasteiger partial charge < -0.3 is 19.5 Å². The number of alkyl halides is 3. The smallest absolute Gasteiger partial charge is 0.416 e. The van der Waals surface area contributed by atoms with Gasteiger partial charge in [0.15, 0.2) is 0 Å². The second-order valence-corrected chi connectivity index (χ2v) is 9.41. The molecule has 0 amide bonds. The molecule has 11 heteroatoms. The lowest BCUT2D eigenvalue weighted by atomic mass is 10.0. The summed E-state index contributed by atoms with van der Waals surface area (Å²) in [5.74, 6) is 0.111. The van der Waals surface area contributed by atoms with Crippen molar-refractivity contribution in [2.75, 3.05) is 20.2 Å². The molecule has 1 saturated heterocycles. The Kier molecular flexibility index (Phi) is 6.43. The Labute approximate surface area is 195 Å². The Morgan fingerprint density at radius 2 is 1.94 bits per heavy atom. The minimum Gasteiger partial charge on any atom is -0.469 e. The number of imidazole rings is 1. The number of likely N-dealkylation sites (tertiary alicyclic amines) is 1. The number of fused-ring (bicyclic) bond motifs is 1. The van der Waals surface area contributed by atoms with Gasteiger partial charge in [-0.2, -0.15) is 18.2 Å². The van der Waals surface area contributed by atoms with E-state index in [1.165, 1.54) is 28.9 Å². The van der Waals surface area contributed by atoms with Crippen LogP contribution in [0.15, 0.2) is 30.5 Å². The van der Waals surface area contributed by atoms with E-state index in [1.54, 1.807) is 0 Å². The summed E-state index contributed by atoms with van der Waals surface area (Å²) < 4.78 is 53.7. The fourth-order valence-corrected chi connectivity index (χ4v) is 3.97. The maximum atomic E-state index is 13.6. The predicted molar refractivity (Wildman–Crippen MR) is 118 cm³/mol. The number of likely N-dealkylation sites (N-methyl/N-ethyl adjacent to an activating group) is 1. The van der Waals surface area contributed by atoms with Crippen LogP contribution in [-0.2, 0) is 6.18 Å². The molecule has 0 spiro atoms. The molecule has 1 aromatic carbocycles. The molecule has 0 aliphatic carbocycles. The molecule has 2 atom stereocenters. The van der Waals surface area contributed by atoms with Crippen LogP contribution >= 0.6 is 0 Å². The maximum absolute atomic E-state index is 13.6. The van der Waals surface area contributed by atoms with Gasteiger partial charge in [0.2, 0.25) is 5.65 Å². The molecule has 3 heterocycles. The first-order chi connectivity index (χ1) is 15.9. The number of aliphatic hydroxyl groups excluding tert-OH is 1. The zero-order chi connectivity index (χ0) is 24.7. The highest BCUT2D eigenvalue weighted by atomic mass is 19.4. The van der Waals surface area contributed by atoms with E-state index in [-0.39, 0.29) is 34.8 Å². The minimum atomic E-state index is -4.63. The molecular weight excluding hydrogens is 451 g/mol. The molecule has 1 fully saturated rings. The topological polar surface area (TPSA) is 85.0 Å². The number of benzene rings is 1. The molecule has 0 radical (unpaired) electrons. The van der Waals surface area contributed by atoms with Crippen LogP contribution in [0.5, 0.6) is 11.9 Å². The van der Waals surface area contributed by atoms with Gasteiger partial charge in [-0.25, -0.2) is 9.50 Å². The summed E-state index contributed by atoms with van der Waals surface area (Å²) in [5.41, 5.74) is -1.66. The predicted octanol–water partition coefficient (Wildman–Crippen LogP) is 3.88. The molecule has 3 aromatic rings. The quantitative estimate of drug-likeness (QED) is 0.574. The van der Waals surface area contributed by atoms with Gasteiger partial charge >= 0.3 is 12.2 Å². The number of nitrogens with zero attached hydrogens (tertiary/aromatic N) is 5. The van der Waals surface area contributed by atoms with Crippen molar-refractivity contribution in [1.29, 1.82) is 0 Å². The lowest BCUT2D eigenvalue weighted by Crippen LogP contribution is -2.31. The van der Waals surface area contributed by atoms with Crippen molar-refractivity contribution in [3.05, 3.63) is 47.3 Å². The summed E-state index contributed by atoms with van der Waals surface area (Å²) in [6, 6.07) is 5.07. The highest BCUT2D eigenvalue weighted by Crippen LogP contribution is 2.37. The molecule has 0 bridgehead atoms. The molecule has 0 saturated carbocycles. The summed E-state index contributed by atoms with van der Waals surface area (Å²) in [6.45, 7) is 6.82. The maximum Gasteiger partial charge on any atom is 0.416 e. The molecule has 34 heavy (non-hydrogen) atoms. The average Bonchev–Trinajstić information content (AvgIpc) is 3.36. The van der Waals surface area contributed by atoms with Gasteiger partial charge in [0.05, 0.1) is 17.5 Å². The Balaban J connectivity index is 1.75. The van der Waals surface area contributed by atoms with Gasteiger partial charge in [-0.15, -0.1) is 5.10 Å². The summed E-state index contributed by atoms with van der Waals surface area (Å²) in [6.07, 6.45) is -2.95. The standard InChI is InChI=1S/C23H28F3N5O3/c1-22(2,3)34-20-19-27-12-17(18(32)15-9-5-6-10-16(15)23(24,25)26)31(19)29-21(28-20)33-13-14-8-7-11-30(14)4/h5-6,9-10,12,14,18,32H,7-8,11,13H2,1-4H3. The van der Waals surface area contributed by atoms with Crippen molar-refractivity contribution in [3.8, 4) is 11.9 Å². The van der Waals surface area contributed by atoms with Crippen LogP contribution in [0.3, 0.4) is 0 Å². The Morgan fingerprint density at radius 3 is 2.59 bits per heavy atom. The molecule has 2 unspecified atom stereocenters. The number of halogens is 3. The van der Waals surface area contributed by atoms with Crippen molar-refractivity contribution in [2.24, 2.45) is 0 Å². The summed E-state index contributed by atoms with van der Waals surface area (Å²) in [7, 11) is 2.02. The second-order valence-electron chi connectivity index (χ2n) is 9.41. The van der Waals surface area contributed by atoms with Crippen LogP contribution < -0.4 is 9.47 Å². The van der Waals surface area contributed by atoms with E-state index in [0.29, 0.717) is 6.61 Å². The van der Waals surface area contributed by atoms with Crippen LogP contribution in [0, 0.1) is 0 Å². The molecule has 1 aliphatic heterocycles. The van der Waals surface area contributed by atoms with Crippen LogP contribution in [-0.4, -0.2) is 61.4 Å². The van der Waals surface area contributed by atoms with Crippen molar-refractivity contribution >= 4 is 5.65 Å². The summed E-state index contributed by atoms with van der Waals surface area (Å²) >= 11 is 0. The van der Waals surface area contributed by atoms with Crippen molar-refractivity contribution < 1.29 is 27.8 Å². The highest BCUT2D eigenvalue weighted by Gasteiger charge is 2.36. The van der Waals surface area contributed by atoms with E-state index >= 15 is 0 Å². The number of aliphatic hydroxyl groups is 1. The minimum absolute atomic E-state index is 0.0115. The van der Waals surface area contributed by atoms with Gasteiger partial charge in [0.25, 0.3) is 5.88 Å². The van der Waals surface area contributed by atoms with Gasteiger partial charge in [-0.3, -0.25) is 0 Å². The second kappa shape index (κ2) is 9.03. The van der Waals surface area contributed by atoms with E-state index < -0.39 is 23.4 Å². The lowest BCUT2D eigenvalue weighted by molar-refractivity contribution is -0.139. The van der Waals surface area contributed by atoms with Gasteiger partial charge in [-0.05, 0) is 58.8 Å². The van der Waals surface area contributed by atoms with E-state index in [2.05, 4.69) is 20.0 Å². The third-order valence-electron chi connectivity index (χ3n) is 5.66. The van der Waals surface area contributed by atoms with Crippen LogP contribution in [0.25, 0.3) is 5.65 Å². The zero-order valence-corrected chi connectivity index (χ0v) is 19.5. The fourth-order valence-electron chi connectivity index (χ4n) is 3.97. The normalized spacial score (nSPS) is 18.4. The number of ether oxygens (including phenoxy) is 2. The van der Waals surface area contributed by atoms with Crippen LogP contribution in [0.1, 0.15) is 56.5 Å². The molecular formula is C23H28F3N5O3. The summed E-state index contributed by atoms with van der Waals surface area (Å²) in [5, 5.41) is 15.3. The zero-order valence-electron chi connectivity index (χ0n) is 19.5. The largest absolute Gasteiger partial charge is 0.469 e. The monoisotopic (exact) mass is 479 g/mol. The molecule has 1 N–H and O–H groups in total. The number of hydrogen-bond donors (Lipinski definition) is 1. The third kappa shape index (κ3) is 5.10. The first-order valence-corrected chi connectivity index (χ1v) is 11.1. The van der Waals surface area contributed by atoms with E-state index in [0.717, 1.165) is 25.5 Å². The van der Waals surface area contributed by atoms with E-state index in [9.17, 15) is 18.3 Å². The Bertz CT molecular complexity index is 1160. The van der Waals surface area contributed by atoms with Crippen molar-refractivity contribution in [2.45, 2.75) is 57.5 Å². The molecule has 184 valence electrons. The molecule has 2 aromatic heterocycles. The number of aromatic nitrogens is 4. The molecule has 4 rings (SSSR count). The highest BCUT2D eigenvalue weighted by molar-refractivity contribution is 5.51. The Morgan fingerprint density at radius 1 is 1.21 bits per heavy atom. The fraction of sp³-hybridized carbons (Fsp3) is 0.522. The Hall–Kier alpha value is -2.92. The van der Waals surface area contributed by atoms with Gasteiger partial charge in [0, 0.05) is 6.04 Å². The lowest BCUT2D eigenvalue weighted by Gasteiger charge is -2.22. The van der Waals surface area contributed by atoms with Crippen molar-refractivity contribution in [3.63, 3.8) is 0 Å². The number of rotatable bonds is 6. The van der Waals surface area contributed by atoms with Crippen LogP contribution in [0.2, 0.25) is 0 Å². The van der Waals surface area contributed by atoms with Crippen LogP contribution in [0.4, 0.5) is 13.2 Å². The number of hydrogen-bond acceptors (Lipinski definition) is 7. The average molecular weight is 480 g/mol. The van der Waals surface area contributed by atoms with Gasteiger partial charge in [0.1, 0.15) is 18.3 Å². The van der Waals surface area contributed by atoms with Crippen molar-refractivity contribution in [1.82, 2.24) is 24.5 Å². The van der Waals surface area contributed by atoms with E-state index in [4.69, 9.17) is 9.47 Å². The third-order valence-corrected chi connectivity index (χ3v) is 5.66. The SMILES string of the molecule is CN1CCCC1COc1nc(OC(C)(C)C)c2ncc(C(O)c3ccccc3C(F)(F)F)n2n1.